The molecule has 0 bridgehead atoms. The molecule has 8 heteroatoms. The number of ether oxygens (including phenoxy) is 1. The Morgan fingerprint density at radius 2 is 1.63 bits per heavy atom. The molecule has 1 aliphatic rings. The molecule has 0 fully saturated rings. The van der Waals surface area contributed by atoms with E-state index in [0.717, 1.165) is 22.3 Å². The average molecular weight is 537 g/mol. The van der Waals surface area contributed by atoms with Gasteiger partial charge in [0.25, 0.3) is 0 Å². The molecule has 3 aromatic carbocycles. The van der Waals surface area contributed by atoms with Crippen LogP contribution in [0.4, 0.5) is 10.5 Å². The van der Waals surface area contributed by atoms with Crippen LogP contribution in [0.1, 0.15) is 47.2 Å². The van der Waals surface area contributed by atoms with E-state index in [2.05, 4.69) is 50.8 Å². The van der Waals surface area contributed by atoms with Gasteiger partial charge in [-0.2, -0.15) is 0 Å². The van der Waals surface area contributed by atoms with Gasteiger partial charge in [0.05, 0.1) is 11.3 Å². The molecule has 180 valence electrons. The van der Waals surface area contributed by atoms with Gasteiger partial charge in [0.2, 0.25) is 5.91 Å². The number of carbonyl (C=O) groups excluding carboxylic acids is 2. The van der Waals surface area contributed by atoms with E-state index in [0.29, 0.717) is 16.6 Å². The Bertz CT molecular complexity index is 1230. The lowest BCUT2D eigenvalue weighted by molar-refractivity contribution is -0.116. The fraction of sp³-hybridized carbons (Fsp3) is 0.222. The highest BCUT2D eigenvalue weighted by Crippen LogP contribution is 2.44. The van der Waals surface area contributed by atoms with Crippen molar-refractivity contribution in [1.82, 2.24) is 5.32 Å². The minimum Gasteiger partial charge on any atom is -0.478 e. The van der Waals surface area contributed by atoms with Crippen molar-refractivity contribution in [2.75, 3.05) is 11.9 Å². The number of carboxylic acid groups (broad SMARTS) is 1. The molecule has 0 saturated carbocycles. The van der Waals surface area contributed by atoms with E-state index in [1.807, 2.05) is 24.3 Å². The first-order valence-electron chi connectivity index (χ1n) is 11.3. The summed E-state index contributed by atoms with van der Waals surface area (Å²) in [5.74, 6) is -1.38. The predicted molar refractivity (Wildman–Crippen MR) is 137 cm³/mol. The van der Waals surface area contributed by atoms with Gasteiger partial charge in [-0.25, -0.2) is 9.59 Å². The molecular formula is C27H25BrN2O5. The largest absolute Gasteiger partial charge is 0.478 e. The lowest BCUT2D eigenvalue weighted by atomic mass is 9.98. The van der Waals surface area contributed by atoms with Crippen molar-refractivity contribution in [1.29, 1.82) is 0 Å². The number of carbonyl (C=O) groups is 3. The maximum absolute atomic E-state index is 12.4. The maximum Gasteiger partial charge on any atom is 0.407 e. The number of carboxylic acids is 1. The zero-order valence-corrected chi connectivity index (χ0v) is 20.7. The first kappa shape index (κ1) is 24.5. The van der Waals surface area contributed by atoms with E-state index in [9.17, 15) is 14.4 Å². The number of amides is 2. The van der Waals surface area contributed by atoms with Gasteiger partial charge in [-0.3, -0.25) is 4.79 Å². The van der Waals surface area contributed by atoms with Crippen molar-refractivity contribution < 1.29 is 24.2 Å². The molecule has 35 heavy (non-hydrogen) atoms. The zero-order valence-electron chi connectivity index (χ0n) is 19.1. The van der Waals surface area contributed by atoms with Crippen LogP contribution in [0.25, 0.3) is 11.1 Å². The number of aromatic carboxylic acids is 1. The Kier molecular flexibility index (Phi) is 7.51. The molecule has 0 radical (unpaired) electrons. The molecule has 3 aromatic rings. The van der Waals surface area contributed by atoms with E-state index >= 15 is 0 Å². The van der Waals surface area contributed by atoms with Crippen LogP contribution >= 0.6 is 15.9 Å². The highest BCUT2D eigenvalue weighted by molar-refractivity contribution is 9.10. The highest BCUT2D eigenvalue weighted by Gasteiger charge is 2.29. The van der Waals surface area contributed by atoms with Crippen molar-refractivity contribution in [3.8, 4) is 11.1 Å². The second-order valence-electron chi connectivity index (χ2n) is 8.46. The van der Waals surface area contributed by atoms with E-state index in [1.165, 1.54) is 12.1 Å². The highest BCUT2D eigenvalue weighted by atomic mass is 79.9. The molecule has 1 atom stereocenters. The van der Waals surface area contributed by atoms with Crippen molar-refractivity contribution >= 4 is 39.6 Å². The van der Waals surface area contributed by atoms with Gasteiger partial charge < -0.3 is 20.5 Å². The van der Waals surface area contributed by atoms with E-state index < -0.39 is 12.1 Å². The smallest absolute Gasteiger partial charge is 0.407 e. The van der Waals surface area contributed by atoms with Gasteiger partial charge in [-0.15, -0.1) is 0 Å². The van der Waals surface area contributed by atoms with Crippen LogP contribution < -0.4 is 10.6 Å². The van der Waals surface area contributed by atoms with E-state index in [-0.39, 0.29) is 36.5 Å². The van der Waals surface area contributed by atoms with Gasteiger partial charge >= 0.3 is 12.1 Å². The minimum atomic E-state index is -1.08. The summed E-state index contributed by atoms with van der Waals surface area (Å²) >= 11 is 3.31. The predicted octanol–water partition coefficient (Wildman–Crippen LogP) is 5.79. The number of anilines is 1. The number of halogens is 1. The molecule has 7 nitrogen and oxygen atoms in total. The van der Waals surface area contributed by atoms with Crippen LogP contribution in [0, 0.1) is 0 Å². The standard InChI is InChI=1S/C27H25BrN2O5/c1-16(10-13-25(31)30-24-14-17(26(32)33)11-12-23(24)28)29-27(34)35-15-22-20-8-4-2-6-18(20)19-7-3-5-9-21(19)22/h2-9,11-12,14,16,22H,10,13,15H2,1H3,(H,29,34)(H,30,31)(H,32,33). The van der Waals surface area contributed by atoms with Crippen molar-refractivity contribution in [2.24, 2.45) is 0 Å². The van der Waals surface area contributed by atoms with Gasteiger partial charge in [0.15, 0.2) is 0 Å². The Hall–Kier alpha value is -3.65. The van der Waals surface area contributed by atoms with Crippen LogP contribution in [-0.2, 0) is 9.53 Å². The summed E-state index contributed by atoms with van der Waals surface area (Å²) in [4.78, 5) is 35.9. The third-order valence-corrected chi connectivity index (χ3v) is 6.69. The second-order valence-corrected chi connectivity index (χ2v) is 9.31. The third kappa shape index (κ3) is 5.71. The summed E-state index contributed by atoms with van der Waals surface area (Å²) < 4.78 is 6.14. The van der Waals surface area contributed by atoms with Gasteiger partial charge in [-0.05, 0) is 69.7 Å². The summed E-state index contributed by atoms with van der Waals surface area (Å²) in [6.07, 6.45) is 0.0116. The third-order valence-electron chi connectivity index (χ3n) is 6.00. The van der Waals surface area contributed by atoms with Crippen LogP contribution in [0.15, 0.2) is 71.2 Å². The fourth-order valence-corrected chi connectivity index (χ4v) is 4.57. The molecular weight excluding hydrogens is 512 g/mol. The fourth-order valence-electron chi connectivity index (χ4n) is 4.23. The Labute approximate surface area is 211 Å². The lowest BCUT2D eigenvalue weighted by Crippen LogP contribution is -2.34. The van der Waals surface area contributed by atoms with Gasteiger partial charge in [0, 0.05) is 22.9 Å². The van der Waals surface area contributed by atoms with Gasteiger partial charge in [-0.1, -0.05) is 48.5 Å². The van der Waals surface area contributed by atoms with E-state index in [1.54, 1.807) is 13.0 Å². The molecule has 0 saturated heterocycles. The molecule has 3 N–H and O–H groups in total. The molecule has 4 rings (SSSR count). The molecule has 1 aliphatic carbocycles. The van der Waals surface area contributed by atoms with Crippen molar-refractivity contribution in [2.45, 2.75) is 31.7 Å². The first-order chi connectivity index (χ1) is 16.8. The van der Waals surface area contributed by atoms with Crippen molar-refractivity contribution in [3.63, 3.8) is 0 Å². The second kappa shape index (κ2) is 10.7. The Morgan fingerprint density at radius 3 is 2.26 bits per heavy atom. The minimum absolute atomic E-state index is 0.0192. The van der Waals surface area contributed by atoms with Crippen LogP contribution in [-0.4, -0.2) is 35.7 Å². The summed E-state index contributed by atoms with van der Waals surface area (Å²) in [5.41, 5.74) is 5.07. The normalized spacial score (nSPS) is 12.9. The first-order valence-corrected chi connectivity index (χ1v) is 12.1. The molecule has 0 aliphatic heterocycles. The quantitative estimate of drug-likeness (QED) is 0.337. The number of nitrogens with one attached hydrogen (secondary N) is 2. The summed E-state index contributed by atoms with van der Waals surface area (Å²) in [7, 11) is 0. The Morgan fingerprint density at radius 1 is 1.00 bits per heavy atom. The van der Waals surface area contributed by atoms with E-state index in [4.69, 9.17) is 9.84 Å². The summed E-state index contributed by atoms with van der Waals surface area (Å²) in [6, 6.07) is 20.4. The summed E-state index contributed by atoms with van der Waals surface area (Å²) in [6.45, 7) is 2.02. The number of hydrogen-bond acceptors (Lipinski definition) is 4. The average Bonchev–Trinajstić information content (AvgIpc) is 3.16. The molecule has 2 amide bonds. The zero-order chi connectivity index (χ0) is 24.9. The molecule has 0 heterocycles. The monoisotopic (exact) mass is 536 g/mol. The number of benzene rings is 3. The topological polar surface area (TPSA) is 105 Å². The lowest BCUT2D eigenvalue weighted by Gasteiger charge is -2.17. The van der Waals surface area contributed by atoms with Crippen molar-refractivity contribution in [3.05, 3.63) is 87.9 Å². The maximum atomic E-state index is 12.4. The van der Waals surface area contributed by atoms with Crippen LogP contribution in [0.3, 0.4) is 0 Å². The molecule has 0 aromatic heterocycles. The Balaban J connectivity index is 1.26. The molecule has 0 spiro atoms. The number of rotatable bonds is 8. The van der Waals surface area contributed by atoms with Crippen LogP contribution in [0.5, 0.6) is 0 Å². The summed E-state index contributed by atoms with van der Waals surface area (Å²) in [5, 5.41) is 14.6. The molecule has 1 unspecified atom stereocenters. The number of fused-ring (bicyclic) bond motifs is 3. The van der Waals surface area contributed by atoms with Gasteiger partial charge in [0.1, 0.15) is 6.61 Å². The number of alkyl carbamates (subject to hydrolysis) is 1. The SMILES string of the molecule is CC(CCC(=O)Nc1cc(C(=O)O)ccc1Br)NC(=O)OCC1c2ccccc2-c2ccccc21. The number of hydrogen-bond donors (Lipinski definition) is 3. The van der Waals surface area contributed by atoms with Crippen LogP contribution in [0.2, 0.25) is 0 Å².